The first-order chi connectivity index (χ1) is 8.09. The molecule has 1 N–H and O–H groups in total. The van der Waals surface area contributed by atoms with Gasteiger partial charge in [0.1, 0.15) is 0 Å². The Morgan fingerprint density at radius 1 is 1.50 bits per heavy atom. The Morgan fingerprint density at radius 3 is 2.83 bits per heavy atom. The van der Waals surface area contributed by atoms with Gasteiger partial charge in [0.2, 0.25) is 0 Å². The molecule has 1 aliphatic rings. The van der Waals surface area contributed by atoms with Crippen LogP contribution in [0.15, 0.2) is 18.2 Å². The number of nitrogens with zero attached hydrogens (tertiary/aromatic N) is 1. The van der Waals surface area contributed by atoms with E-state index in [1.807, 2.05) is 37.1 Å². The second-order valence-electron chi connectivity index (χ2n) is 4.55. The van der Waals surface area contributed by atoms with Crippen molar-refractivity contribution < 1.29 is 4.79 Å². The van der Waals surface area contributed by atoms with Crippen molar-refractivity contribution in [2.75, 3.05) is 20.1 Å². The van der Waals surface area contributed by atoms with Crippen LogP contribution in [-0.2, 0) is 0 Å². The molecule has 0 aliphatic carbocycles. The molecule has 0 spiro atoms. The summed E-state index contributed by atoms with van der Waals surface area (Å²) in [5.41, 5.74) is 1.95. The molecule has 1 fully saturated rings. The maximum absolute atomic E-state index is 12.4. The minimum atomic E-state index is 0. The molecule has 1 atom stereocenters. The van der Waals surface area contributed by atoms with Gasteiger partial charge in [0.05, 0.1) is 5.56 Å². The van der Waals surface area contributed by atoms with Gasteiger partial charge in [-0.05, 0) is 54.6 Å². The summed E-state index contributed by atoms with van der Waals surface area (Å²) in [6, 6.07) is 6.35. The van der Waals surface area contributed by atoms with Gasteiger partial charge in [0, 0.05) is 23.2 Å². The predicted octanol–water partition coefficient (Wildman–Crippen LogP) is 2.46. The minimum absolute atomic E-state index is 0. The van der Waals surface area contributed by atoms with Crippen molar-refractivity contribution in [3.63, 3.8) is 0 Å². The molecule has 1 aromatic carbocycles. The zero-order valence-corrected chi connectivity index (χ0v) is 13.5. The van der Waals surface area contributed by atoms with Gasteiger partial charge in [-0.3, -0.25) is 4.79 Å². The van der Waals surface area contributed by atoms with Crippen LogP contribution in [0.1, 0.15) is 22.3 Å². The van der Waals surface area contributed by atoms with Gasteiger partial charge >= 0.3 is 0 Å². The van der Waals surface area contributed by atoms with E-state index in [0.717, 1.165) is 34.2 Å². The van der Waals surface area contributed by atoms with Crippen molar-refractivity contribution in [3.05, 3.63) is 32.9 Å². The molecular formula is C13H18ClIN2O. The molecule has 1 heterocycles. The lowest BCUT2D eigenvalue weighted by molar-refractivity contribution is 0.0742. The van der Waals surface area contributed by atoms with E-state index in [0.29, 0.717) is 6.04 Å². The highest BCUT2D eigenvalue weighted by Crippen LogP contribution is 2.18. The molecule has 1 amide bonds. The number of carbonyl (C=O) groups is 1. The number of likely N-dealkylation sites (N-methyl/N-ethyl adjacent to an activating group) is 1. The highest BCUT2D eigenvalue weighted by atomic mass is 127. The summed E-state index contributed by atoms with van der Waals surface area (Å²) in [5, 5.41) is 3.29. The summed E-state index contributed by atoms with van der Waals surface area (Å²) in [5.74, 6) is 0.131. The van der Waals surface area contributed by atoms with Crippen molar-refractivity contribution in [3.8, 4) is 0 Å². The van der Waals surface area contributed by atoms with Crippen LogP contribution in [-0.4, -0.2) is 37.0 Å². The summed E-state index contributed by atoms with van der Waals surface area (Å²) in [6.07, 6.45) is 1.05. The smallest absolute Gasteiger partial charge is 0.254 e. The number of amides is 1. The normalized spacial score (nSPS) is 18.3. The third-order valence-corrected chi connectivity index (χ3v) is 4.20. The molecule has 3 nitrogen and oxygen atoms in total. The summed E-state index contributed by atoms with van der Waals surface area (Å²) >= 11 is 2.23. The number of hydrogen-bond donors (Lipinski definition) is 1. The van der Waals surface area contributed by atoms with Crippen molar-refractivity contribution in [1.82, 2.24) is 10.2 Å². The predicted molar refractivity (Wildman–Crippen MR) is 84.5 cm³/mol. The molecule has 100 valence electrons. The van der Waals surface area contributed by atoms with Gasteiger partial charge in [-0.15, -0.1) is 12.4 Å². The highest BCUT2D eigenvalue weighted by Gasteiger charge is 2.25. The standard InChI is InChI=1S/C13H17IN2O.ClH/c1-9-3-4-12(14)11(7-9)13(17)16(2)10-5-6-15-8-10;/h3-4,7,10,15H,5-6,8H2,1-2H3;1H. The second kappa shape index (κ2) is 6.73. The summed E-state index contributed by atoms with van der Waals surface area (Å²) in [7, 11) is 1.90. The first-order valence-corrected chi connectivity index (χ1v) is 6.91. The lowest BCUT2D eigenvalue weighted by Gasteiger charge is -2.24. The number of rotatable bonds is 2. The van der Waals surface area contributed by atoms with Gasteiger partial charge < -0.3 is 10.2 Å². The highest BCUT2D eigenvalue weighted by molar-refractivity contribution is 14.1. The lowest BCUT2D eigenvalue weighted by Crippen LogP contribution is -2.38. The largest absolute Gasteiger partial charge is 0.337 e. The molecule has 5 heteroatoms. The van der Waals surface area contributed by atoms with Crippen LogP contribution >= 0.6 is 35.0 Å². The SMILES string of the molecule is Cc1ccc(I)c(C(=O)N(C)C2CCNC2)c1.Cl. The van der Waals surface area contributed by atoms with E-state index < -0.39 is 0 Å². The zero-order valence-electron chi connectivity index (χ0n) is 10.6. The monoisotopic (exact) mass is 380 g/mol. The zero-order chi connectivity index (χ0) is 12.4. The van der Waals surface area contributed by atoms with E-state index in [-0.39, 0.29) is 18.3 Å². The van der Waals surface area contributed by atoms with E-state index in [1.165, 1.54) is 0 Å². The fourth-order valence-corrected chi connectivity index (χ4v) is 2.70. The van der Waals surface area contributed by atoms with Gasteiger partial charge in [0.25, 0.3) is 5.91 Å². The molecular weight excluding hydrogens is 363 g/mol. The Kier molecular flexibility index (Phi) is 5.88. The van der Waals surface area contributed by atoms with Gasteiger partial charge in [-0.1, -0.05) is 11.6 Å². The fourth-order valence-electron chi connectivity index (χ4n) is 2.13. The first kappa shape index (κ1) is 15.7. The summed E-state index contributed by atoms with van der Waals surface area (Å²) < 4.78 is 1.02. The number of halogens is 2. The summed E-state index contributed by atoms with van der Waals surface area (Å²) in [6.45, 7) is 3.93. The first-order valence-electron chi connectivity index (χ1n) is 5.83. The Bertz CT molecular complexity index is 433. The quantitative estimate of drug-likeness (QED) is 0.800. The van der Waals surface area contributed by atoms with Crippen LogP contribution in [0.5, 0.6) is 0 Å². The van der Waals surface area contributed by atoms with Gasteiger partial charge in [-0.2, -0.15) is 0 Å². The average Bonchev–Trinajstić information content (AvgIpc) is 2.84. The number of hydrogen-bond acceptors (Lipinski definition) is 2. The van der Waals surface area contributed by atoms with E-state index in [9.17, 15) is 4.79 Å². The van der Waals surface area contributed by atoms with Crippen molar-refractivity contribution in [1.29, 1.82) is 0 Å². The van der Waals surface area contributed by atoms with Crippen LogP contribution in [0.4, 0.5) is 0 Å². The molecule has 0 saturated carbocycles. The minimum Gasteiger partial charge on any atom is -0.337 e. The lowest BCUT2D eigenvalue weighted by atomic mass is 10.1. The van der Waals surface area contributed by atoms with E-state index in [2.05, 4.69) is 27.9 Å². The molecule has 0 aromatic heterocycles. The number of benzene rings is 1. The summed E-state index contributed by atoms with van der Waals surface area (Å²) in [4.78, 5) is 14.3. The van der Waals surface area contributed by atoms with Crippen molar-refractivity contribution in [2.45, 2.75) is 19.4 Å². The van der Waals surface area contributed by atoms with Crippen LogP contribution in [0.3, 0.4) is 0 Å². The molecule has 2 rings (SSSR count). The molecule has 0 radical (unpaired) electrons. The molecule has 1 aromatic rings. The molecule has 0 bridgehead atoms. The Hall–Kier alpha value is -0.330. The van der Waals surface area contributed by atoms with E-state index >= 15 is 0 Å². The molecule has 18 heavy (non-hydrogen) atoms. The Balaban J connectivity index is 0.00000162. The third kappa shape index (κ3) is 3.36. The Labute approximate surface area is 128 Å². The Morgan fingerprint density at radius 2 is 2.22 bits per heavy atom. The second-order valence-corrected chi connectivity index (χ2v) is 5.71. The fraction of sp³-hybridized carbons (Fsp3) is 0.462. The third-order valence-electron chi connectivity index (χ3n) is 3.25. The van der Waals surface area contributed by atoms with Crippen molar-refractivity contribution in [2.24, 2.45) is 0 Å². The van der Waals surface area contributed by atoms with E-state index in [1.54, 1.807) is 0 Å². The van der Waals surface area contributed by atoms with Crippen LogP contribution in [0.25, 0.3) is 0 Å². The van der Waals surface area contributed by atoms with Crippen LogP contribution < -0.4 is 5.32 Å². The van der Waals surface area contributed by atoms with Gasteiger partial charge in [-0.25, -0.2) is 0 Å². The van der Waals surface area contributed by atoms with Gasteiger partial charge in [0.15, 0.2) is 0 Å². The molecule has 1 saturated heterocycles. The topological polar surface area (TPSA) is 32.3 Å². The van der Waals surface area contributed by atoms with Crippen molar-refractivity contribution >= 4 is 40.9 Å². The maximum Gasteiger partial charge on any atom is 0.254 e. The number of nitrogens with one attached hydrogen (secondary N) is 1. The number of carbonyl (C=O) groups excluding carboxylic acids is 1. The molecule has 1 aliphatic heterocycles. The van der Waals surface area contributed by atoms with E-state index in [4.69, 9.17) is 0 Å². The van der Waals surface area contributed by atoms with Crippen LogP contribution in [0.2, 0.25) is 0 Å². The number of aryl methyl sites for hydroxylation is 1. The van der Waals surface area contributed by atoms with Crippen LogP contribution in [0, 0.1) is 10.5 Å². The molecule has 1 unspecified atom stereocenters. The maximum atomic E-state index is 12.4. The average molecular weight is 381 g/mol.